The minimum atomic E-state index is -0.0901. The maximum atomic E-state index is 6.23. The van der Waals surface area contributed by atoms with Crippen LogP contribution in [-0.2, 0) is 16.0 Å². The lowest BCUT2D eigenvalue weighted by atomic mass is 9.94. The van der Waals surface area contributed by atoms with Crippen molar-refractivity contribution >= 4 is 11.3 Å². The molecule has 0 aliphatic carbocycles. The van der Waals surface area contributed by atoms with Gasteiger partial charge in [-0.05, 0) is 48.8 Å². The summed E-state index contributed by atoms with van der Waals surface area (Å²) in [5.74, 6) is 0.629. The molecular formula is C16H26N2O2S. The number of nitrogens with zero attached hydrogens (tertiary/aromatic N) is 2. The highest BCUT2D eigenvalue weighted by Crippen LogP contribution is 2.33. The van der Waals surface area contributed by atoms with Gasteiger partial charge in [0.05, 0.1) is 19.8 Å². The molecule has 0 bridgehead atoms. The molecule has 3 heterocycles. The average Bonchev–Trinajstić information content (AvgIpc) is 3.00. The molecule has 5 heteroatoms. The summed E-state index contributed by atoms with van der Waals surface area (Å²) in [7, 11) is 4.27. The predicted octanol–water partition coefficient (Wildman–Crippen LogP) is 1.92. The molecule has 0 radical (unpaired) electrons. The lowest BCUT2D eigenvalue weighted by Gasteiger charge is -2.31. The molecule has 0 N–H and O–H groups in total. The molecule has 2 fully saturated rings. The van der Waals surface area contributed by atoms with Crippen LogP contribution in [0.25, 0.3) is 0 Å². The van der Waals surface area contributed by atoms with Crippen LogP contribution in [-0.4, -0.2) is 69.0 Å². The van der Waals surface area contributed by atoms with Crippen molar-refractivity contribution in [3.63, 3.8) is 0 Å². The Morgan fingerprint density at radius 3 is 3.14 bits per heavy atom. The fourth-order valence-electron chi connectivity index (χ4n) is 3.54. The van der Waals surface area contributed by atoms with Crippen LogP contribution in [0.5, 0.6) is 0 Å². The summed E-state index contributed by atoms with van der Waals surface area (Å²) >= 11 is 1.77. The third kappa shape index (κ3) is 4.05. The van der Waals surface area contributed by atoms with Crippen LogP contribution in [0, 0.1) is 5.92 Å². The number of hydrogen-bond acceptors (Lipinski definition) is 5. The maximum absolute atomic E-state index is 6.23. The van der Waals surface area contributed by atoms with Crippen molar-refractivity contribution in [2.24, 2.45) is 5.92 Å². The zero-order valence-corrected chi connectivity index (χ0v) is 13.9. The Hall–Kier alpha value is -0.460. The minimum Gasteiger partial charge on any atom is -0.377 e. The molecule has 0 saturated carbocycles. The summed E-state index contributed by atoms with van der Waals surface area (Å²) in [6.07, 6.45) is 1.12. The van der Waals surface area contributed by atoms with Gasteiger partial charge in [0.1, 0.15) is 5.60 Å². The first-order chi connectivity index (χ1) is 10.2. The second-order valence-electron chi connectivity index (χ2n) is 6.72. The van der Waals surface area contributed by atoms with Gasteiger partial charge in [-0.25, -0.2) is 0 Å². The van der Waals surface area contributed by atoms with Crippen LogP contribution >= 0.6 is 11.3 Å². The summed E-state index contributed by atoms with van der Waals surface area (Å²) in [6.45, 7) is 6.53. The standard InChI is InChI=1S/C16H26N2O2S/c1-17(2)8-15-7-16(20-10-15)12-18(4-5-19-13-16)9-14-3-6-21-11-14/h3,6,11,15H,4-5,7-10,12-13H2,1-2H3/t15-,16+/m1/s1. The van der Waals surface area contributed by atoms with Crippen LogP contribution in [0.4, 0.5) is 0 Å². The lowest BCUT2D eigenvalue weighted by Crippen LogP contribution is -2.44. The number of ether oxygens (including phenoxy) is 2. The Bertz CT molecular complexity index is 437. The Balaban J connectivity index is 1.62. The van der Waals surface area contributed by atoms with Gasteiger partial charge in [-0.3, -0.25) is 4.90 Å². The summed E-state index contributed by atoms with van der Waals surface area (Å²) in [4.78, 5) is 4.75. The van der Waals surface area contributed by atoms with Gasteiger partial charge >= 0.3 is 0 Å². The highest BCUT2D eigenvalue weighted by Gasteiger charge is 2.43. The Labute approximate surface area is 131 Å². The van der Waals surface area contributed by atoms with Crippen LogP contribution < -0.4 is 0 Å². The highest BCUT2D eigenvalue weighted by atomic mass is 32.1. The van der Waals surface area contributed by atoms with Gasteiger partial charge in [0, 0.05) is 26.2 Å². The molecule has 2 saturated heterocycles. The van der Waals surface area contributed by atoms with Gasteiger partial charge in [0.2, 0.25) is 0 Å². The van der Waals surface area contributed by atoms with Crippen molar-refractivity contribution in [1.82, 2.24) is 9.80 Å². The van der Waals surface area contributed by atoms with Gasteiger partial charge in [-0.15, -0.1) is 0 Å². The van der Waals surface area contributed by atoms with E-state index in [-0.39, 0.29) is 5.60 Å². The van der Waals surface area contributed by atoms with Crippen LogP contribution in [0.15, 0.2) is 16.8 Å². The molecule has 1 aromatic heterocycles. The molecule has 118 valence electrons. The molecular weight excluding hydrogens is 284 g/mol. The van der Waals surface area contributed by atoms with Crippen molar-refractivity contribution in [3.05, 3.63) is 22.4 Å². The Morgan fingerprint density at radius 1 is 1.48 bits per heavy atom. The molecule has 1 aromatic rings. The fourth-order valence-corrected chi connectivity index (χ4v) is 4.20. The van der Waals surface area contributed by atoms with Gasteiger partial charge in [-0.1, -0.05) is 0 Å². The van der Waals surface area contributed by atoms with E-state index in [1.807, 2.05) is 0 Å². The SMILES string of the molecule is CN(C)C[C@@H]1CO[C@@]2(COCCN(Cc3ccsc3)C2)C1. The smallest absolute Gasteiger partial charge is 0.104 e. The Kier molecular flexibility index (Phi) is 4.96. The normalized spacial score (nSPS) is 31.1. The number of thiophene rings is 1. The van der Waals surface area contributed by atoms with Crippen molar-refractivity contribution in [1.29, 1.82) is 0 Å². The van der Waals surface area contributed by atoms with E-state index in [9.17, 15) is 0 Å². The summed E-state index contributed by atoms with van der Waals surface area (Å²) in [6, 6.07) is 2.22. The fraction of sp³-hybridized carbons (Fsp3) is 0.750. The monoisotopic (exact) mass is 310 g/mol. The molecule has 1 spiro atoms. The second kappa shape index (κ2) is 6.75. The van der Waals surface area contributed by atoms with Crippen molar-refractivity contribution in [3.8, 4) is 0 Å². The van der Waals surface area contributed by atoms with E-state index in [1.165, 1.54) is 5.56 Å². The first kappa shape index (κ1) is 15.4. The summed E-state index contributed by atoms with van der Waals surface area (Å²) in [5.41, 5.74) is 1.31. The van der Waals surface area contributed by atoms with E-state index in [2.05, 4.69) is 40.7 Å². The van der Waals surface area contributed by atoms with Crippen LogP contribution in [0.3, 0.4) is 0 Å². The van der Waals surface area contributed by atoms with Crippen LogP contribution in [0.1, 0.15) is 12.0 Å². The molecule has 21 heavy (non-hydrogen) atoms. The number of hydrogen-bond donors (Lipinski definition) is 0. The van der Waals surface area contributed by atoms with Gasteiger partial charge in [0.15, 0.2) is 0 Å². The van der Waals surface area contributed by atoms with Gasteiger partial charge in [0.25, 0.3) is 0 Å². The first-order valence-electron chi connectivity index (χ1n) is 7.75. The molecule has 4 nitrogen and oxygen atoms in total. The molecule has 0 amide bonds. The second-order valence-corrected chi connectivity index (χ2v) is 7.50. The molecule has 3 rings (SSSR count). The lowest BCUT2D eigenvalue weighted by molar-refractivity contribution is -0.0563. The van der Waals surface area contributed by atoms with E-state index in [4.69, 9.17) is 9.47 Å². The average molecular weight is 310 g/mol. The van der Waals surface area contributed by atoms with E-state index in [0.29, 0.717) is 5.92 Å². The Morgan fingerprint density at radius 2 is 2.38 bits per heavy atom. The van der Waals surface area contributed by atoms with Crippen molar-refractivity contribution in [2.45, 2.75) is 18.6 Å². The third-order valence-corrected chi connectivity index (χ3v) is 5.06. The van der Waals surface area contributed by atoms with E-state index in [0.717, 1.165) is 52.4 Å². The van der Waals surface area contributed by atoms with E-state index < -0.39 is 0 Å². The third-order valence-electron chi connectivity index (χ3n) is 4.32. The zero-order valence-electron chi connectivity index (χ0n) is 13.1. The minimum absolute atomic E-state index is 0.0901. The molecule has 2 aliphatic heterocycles. The highest BCUT2D eigenvalue weighted by molar-refractivity contribution is 7.07. The summed E-state index contributed by atoms with van der Waals surface area (Å²) < 4.78 is 12.1. The summed E-state index contributed by atoms with van der Waals surface area (Å²) in [5, 5.41) is 4.39. The van der Waals surface area contributed by atoms with E-state index >= 15 is 0 Å². The van der Waals surface area contributed by atoms with Crippen molar-refractivity contribution < 1.29 is 9.47 Å². The quantitative estimate of drug-likeness (QED) is 0.848. The first-order valence-corrected chi connectivity index (χ1v) is 8.69. The predicted molar refractivity (Wildman–Crippen MR) is 85.8 cm³/mol. The van der Waals surface area contributed by atoms with Gasteiger partial charge < -0.3 is 14.4 Å². The molecule has 2 aliphatic rings. The maximum Gasteiger partial charge on any atom is 0.104 e. The largest absolute Gasteiger partial charge is 0.377 e. The molecule has 0 unspecified atom stereocenters. The molecule has 2 atom stereocenters. The topological polar surface area (TPSA) is 24.9 Å². The van der Waals surface area contributed by atoms with Crippen LogP contribution in [0.2, 0.25) is 0 Å². The van der Waals surface area contributed by atoms with E-state index in [1.54, 1.807) is 11.3 Å². The van der Waals surface area contributed by atoms with Crippen molar-refractivity contribution in [2.75, 3.05) is 53.6 Å². The number of rotatable bonds is 4. The molecule has 0 aromatic carbocycles. The zero-order chi connectivity index (χ0) is 14.7. The van der Waals surface area contributed by atoms with Gasteiger partial charge in [-0.2, -0.15) is 11.3 Å².